The standard InChI is InChI=1S/C20H22BrNO/c21-18-12-10-17(11-13-18)20(23)19(16-8-4-3-5-9-16)22-14-6-1-2-7-15-22/h3-5,8-13,19H,1-2,6-7,14-15H2. The minimum absolute atomic E-state index is 0.171. The fraction of sp³-hybridized carbons (Fsp3) is 0.350. The summed E-state index contributed by atoms with van der Waals surface area (Å²) in [5, 5.41) is 0. The van der Waals surface area contributed by atoms with E-state index < -0.39 is 0 Å². The first-order valence-corrected chi connectivity index (χ1v) is 9.14. The molecule has 3 heteroatoms. The Labute approximate surface area is 146 Å². The van der Waals surface area contributed by atoms with E-state index in [0.717, 1.165) is 28.7 Å². The molecular formula is C20H22BrNO. The number of halogens is 1. The summed E-state index contributed by atoms with van der Waals surface area (Å²) in [7, 11) is 0. The molecule has 1 unspecified atom stereocenters. The molecule has 0 spiro atoms. The molecule has 0 aromatic heterocycles. The van der Waals surface area contributed by atoms with E-state index in [2.05, 4.69) is 33.0 Å². The van der Waals surface area contributed by atoms with E-state index in [-0.39, 0.29) is 11.8 Å². The van der Waals surface area contributed by atoms with Crippen LogP contribution in [-0.4, -0.2) is 23.8 Å². The minimum Gasteiger partial charge on any atom is -0.292 e. The molecule has 1 aliphatic heterocycles. The van der Waals surface area contributed by atoms with Crippen molar-refractivity contribution in [2.45, 2.75) is 31.7 Å². The SMILES string of the molecule is O=C(c1ccc(Br)cc1)C(c1ccccc1)N1CCCCCC1. The minimum atomic E-state index is -0.171. The van der Waals surface area contributed by atoms with Crippen LogP contribution in [0.2, 0.25) is 0 Å². The van der Waals surface area contributed by atoms with E-state index in [9.17, 15) is 4.79 Å². The maximum absolute atomic E-state index is 13.2. The summed E-state index contributed by atoms with van der Waals surface area (Å²) in [6.07, 6.45) is 4.89. The van der Waals surface area contributed by atoms with E-state index in [1.54, 1.807) is 0 Å². The summed E-state index contributed by atoms with van der Waals surface area (Å²) < 4.78 is 1.00. The Morgan fingerprint density at radius 1 is 0.870 bits per heavy atom. The molecule has 23 heavy (non-hydrogen) atoms. The number of hydrogen-bond acceptors (Lipinski definition) is 2. The van der Waals surface area contributed by atoms with Gasteiger partial charge in [0.05, 0.1) is 6.04 Å². The maximum Gasteiger partial charge on any atom is 0.184 e. The molecule has 2 nitrogen and oxygen atoms in total. The lowest BCUT2D eigenvalue weighted by atomic mass is 9.95. The predicted octanol–water partition coefficient (Wildman–Crippen LogP) is 5.25. The molecule has 1 fully saturated rings. The second-order valence-electron chi connectivity index (χ2n) is 6.13. The number of ketones is 1. The topological polar surface area (TPSA) is 20.3 Å². The van der Waals surface area contributed by atoms with Gasteiger partial charge >= 0.3 is 0 Å². The smallest absolute Gasteiger partial charge is 0.184 e. The molecule has 2 aromatic rings. The van der Waals surface area contributed by atoms with Crippen LogP contribution in [0.1, 0.15) is 47.6 Å². The van der Waals surface area contributed by atoms with Crippen LogP contribution in [-0.2, 0) is 0 Å². The number of carbonyl (C=O) groups is 1. The average Bonchev–Trinajstić information content (AvgIpc) is 2.86. The maximum atomic E-state index is 13.2. The molecule has 120 valence electrons. The van der Waals surface area contributed by atoms with Crippen LogP contribution < -0.4 is 0 Å². The van der Waals surface area contributed by atoms with Crippen molar-refractivity contribution in [2.75, 3.05) is 13.1 Å². The van der Waals surface area contributed by atoms with Gasteiger partial charge in [-0.05, 0) is 43.6 Å². The highest BCUT2D eigenvalue weighted by molar-refractivity contribution is 9.10. The molecule has 3 rings (SSSR count). The normalized spacial score (nSPS) is 17.4. The van der Waals surface area contributed by atoms with Gasteiger partial charge < -0.3 is 0 Å². The van der Waals surface area contributed by atoms with E-state index in [1.807, 2.05) is 42.5 Å². The number of Topliss-reactive ketones (excluding diaryl/α,β-unsaturated/α-hetero) is 1. The van der Waals surface area contributed by atoms with Gasteiger partial charge in [0.25, 0.3) is 0 Å². The van der Waals surface area contributed by atoms with Crippen molar-refractivity contribution in [1.82, 2.24) is 4.90 Å². The van der Waals surface area contributed by atoms with Gasteiger partial charge in [-0.3, -0.25) is 9.69 Å². The zero-order chi connectivity index (χ0) is 16.1. The average molecular weight is 372 g/mol. The van der Waals surface area contributed by atoms with Crippen LogP contribution >= 0.6 is 15.9 Å². The molecule has 0 amide bonds. The van der Waals surface area contributed by atoms with Gasteiger partial charge in [0.2, 0.25) is 0 Å². The third kappa shape index (κ3) is 4.10. The summed E-state index contributed by atoms with van der Waals surface area (Å²) in [6, 6.07) is 17.8. The predicted molar refractivity (Wildman–Crippen MR) is 97.7 cm³/mol. The Balaban J connectivity index is 1.93. The highest BCUT2D eigenvalue weighted by Crippen LogP contribution is 2.28. The fourth-order valence-electron chi connectivity index (χ4n) is 3.29. The fourth-order valence-corrected chi connectivity index (χ4v) is 3.55. The second-order valence-corrected chi connectivity index (χ2v) is 7.05. The number of hydrogen-bond donors (Lipinski definition) is 0. The van der Waals surface area contributed by atoms with Crippen molar-refractivity contribution >= 4 is 21.7 Å². The molecule has 0 radical (unpaired) electrons. The molecule has 0 bridgehead atoms. The van der Waals surface area contributed by atoms with Crippen LogP contribution in [0.5, 0.6) is 0 Å². The Morgan fingerprint density at radius 3 is 2.09 bits per heavy atom. The van der Waals surface area contributed by atoms with Crippen LogP contribution in [0.4, 0.5) is 0 Å². The van der Waals surface area contributed by atoms with Gasteiger partial charge in [-0.15, -0.1) is 0 Å². The zero-order valence-electron chi connectivity index (χ0n) is 13.2. The van der Waals surface area contributed by atoms with Crippen molar-refractivity contribution in [2.24, 2.45) is 0 Å². The van der Waals surface area contributed by atoms with E-state index in [4.69, 9.17) is 0 Å². The molecule has 1 atom stereocenters. The largest absolute Gasteiger partial charge is 0.292 e. The number of carbonyl (C=O) groups excluding carboxylic acids is 1. The van der Waals surface area contributed by atoms with Gasteiger partial charge in [0, 0.05) is 10.0 Å². The lowest BCUT2D eigenvalue weighted by molar-refractivity contribution is 0.0821. The number of nitrogens with zero attached hydrogens (tertiary/aromatic N) is 1. The van der Waals surface area contributed by atoms with Gasteiger partial charge in [0.15, 0.2) is 5.78 Å². The van der Waals surface area contributed by atoms with Gasteiger partial charge in [-0.1, -0.05) is 71.2 Å². The Morgan fingerprint density at radius 2 is 1.48 bits per heavy atom. The van der Waals surface area contributed by atoms with Gasteiger partial charge in [-0.25, -0.2) is 0 Å². The summed E-state index contributed by atoms with van der Waals surface area (Å²) in [5.74, 6) is 0.200. The summed E-state index contributed by atoms with van der Waals surface area (Å²) in [4.78, 5) is 15.6. The van der Waals surface area contributed by atoms with Crippen molar-refractivity contribution < 1.29 is 4.79 Å². The van der Waals surface area contributed by atoms with Gasteiger partial charge in [0.1, 0.15) is 0 Å². The second kappa shape index (κ2) is 7.89. The van der Waals surface area contributed by atoms with Crippen LogP contribution in [0.25, 0.3) is 0 Å². The third-order valence-electron chi connectivity index (χ3n) is 4.50. The van der Waals surface area contributed by atoms with Crippen LogP contribution in [0.15, 0.2) is 59.1 Å². The highest BCUT2D eigenvalue weighted by Gasteiger charge is 2.28. The quantitative estimate of drug-likeness (QED) is 0.684. The molecule has 1 heterocycles. The third-order valence-corrected chi connectivity index (χ3v) is 5.03. The Kier molecular flexibility index (Phi) is 5.63. The Bertz CT molecular complexity index is 630. The van der Waals surface area contributed by atoms with Crippen molar-refractivity contribution in [3.05, 3.63) is 70.2 Å². The van der Waals surface area contributed by atoms with Crippen molar-refractivity contribution in [3.8, 4) is 0 Å². The molecule has 0 aliphatic carbocycles. The van der Waals surface area contributed by atoms with Gasteiger partial charge in [-0.2, -0.15) is 0 Å². The number of rotatable bonds is 4. The first-order chi connectivity index (χ1) is 11.3. The molecule has 0 N–H and O–H groups in total. The summed E-state index contributed by atoms with van der Waals surface area (Å²) in [5.41, 5.74) is 1.88. The molecule has 1 saturated heterocycles. The van der Waals surface area contributed by atoms with E-state index >= 15 is 0 Å². The lowest BCUT2D eigenvalue weighted by Crippen LogP contribution is -2.35. The number of benzene rings is 2. The summed E-state index contributed by atoms with van der Waals surface area (Å²) in [6.45, 7) is 2.00. The van der Waals surface area contributed by atoms with Crippen LogP contribution in [0.3, 0.4) is 0 Å². The van der Waals surface area contributed by atoms with Crippen LogP contribution in [0, 0.1) is 0 Å². The first-order valence-electron chi connectivity index (χ1n) is 8.34. The summed E-state index contributed by atoms with van der Waals surface area (Å²) >= 11 is 3.44. The lowest BCUT2D eigenvalue weighted by Gasteiger charge is -2.30. The zero-order valence-corrected chi connectivity index (χ0v) is 14.8. The highest BCUT2D eigenvalue weighted by atomic mass is 79.9. The molecular weight excluding hydrogens is 350 g/mol. The van der Waals surface area contributed by atoms with E-state index in [1.165, 1.54) is 25.7 Å². The molecule has 0 saturated carbocycles. The number of likely N-dealkylation sites (tertiary alicyclic amines) is 1. The first kappa shape index (κ1) is 16.4. The van der Waals surface area contributed by atoms with Crippen molar-refractivity contribution in [3.63, 3.8) is 0 Å². The molecule has 2 aromatic carbocycles. The Hall–Kier alpha value is -1.45. The van der Waals surface area contributed by atoms with Crippen molar-refractivity contribution in [1.29, 1.82) is 0 Å². The monoisotopic (exact) mass is 371 g/mol. The van der Waals surface area contributed by atoms with E-state index in [0.29, 0.717) is 0 Å². The molecule has 1 aliphatic rings.